The summed E-state index contributed by atoms with van der Waals surface area (Å²) in [5.41, 5.74) is 23.4. The van der Waals surface area contributed by atoms with E-state index in [0.717, 1.165) is 6.92 Å². The molecule has 1 aromatic carbocycles. The molecule has 0 aliphatic heterocycles. The first-order chi connectivity index (χ1) is 54.0. The third-order valence-corrected chi connectivity index (χ3v) is 18.4. The maximum absolute atomic E-state index is 14.5. The second-order valence-electron chi connectivity index (χ2n) is 28.0. The van der Waals surface area contributed by atoms with Gasteiger partial charge < -0.3 is 128 Å². The summed E-state index contributed by atoms with van der Waals surface area (Å²) in [6.07, 6.45) is -4.26. The first-order valence-corrected chi connectivity index (χ1v) is 38.9. The molecular weight excluding hydrogens is 1530 g/mol. The highest BCUT2D eigenvalue weighted by Gasteiger charge is 2.40. The molecule has 16 atom stereocenters. The summed E-state index contributed by atoms with van der Waals surface area (Å²) in [7, 11) is 0. The Balaban J connectivity index is 3.43. The summed E-state index contributed by atoms with van der Waals surface area (Å²) in [5, 5.41) is 93.0. The third kappa shape index (κ3) is 40.6. The van der Waals surface area contributed by atoms with Crippen LogP contribution in [-0.2, 0) is 92.7 Å². The molecule has 0 bridgehead atoms. The summed E-state index contributed by atoms with van der Waals surface area (Å²) >= 11 is 1.24. The number of carboxylic acid groups (broad SMARTS) is 3. The number of benzene rings is 1. The lowest BCUT2D eigenvalue weighted by Crippen LogP contribution is -2.62. The summed E-state index contributed by atoms with van der Waals surface area (Å²) < 4.78 is 0. The van der Waals surface area contributed by atoms with Gasteiger partial charge >= 0.3 is 17.9 Å². The molecule has 115 heavy (non-hydrogen) atoms. The maximum atomic E-state index is 14.5. The van der Waals surface area contributed by atoms with Gasteiger partial charge in [0.15, 0.2) is 5.96 Å². The molecule has 0 saturated carbocycles. The van der Waals surface area contributed by atoms with Crippen LogP contribution in [0, 0.1) is 23.2 Å². The molecule has 0 aromatic heterocycles. The number of carboxylic acids is 3. The van der Waals surface area contributed by atoms with Crippen molar-refractivity contribution >= 4 is 124 Å². The van der Waals surface area contributed by atoms with Crippen molar-refractivity contribution in [3.63, 3.8) is 0 Å². The standard InChI is InChI=1S/C71H118N20O23S/c1-10-36(5)55(89-70(114)58(39(8)93)90-59(103)41(73)29-40-18-13-12-14-19-40)67(111)87-48(31-53(99)100)62(106)79-32-50(95)81-45(24-27-115-9)61(105)78-33-51(96)82-47(30-49(74)94)66(110)86-46(28-35(3)4)65(109)84-43(21-17-26-77-71(75)76)64(108)88-56(37(6)11-2)68(112)91-57(38(7)92)69(113)85-44(22-23-52(97)98)63(107)83-42(20-15-16-25-72)60(104)80-34-54(101)102/h12-14,18-19,35-39,41-48,55-58,92-93H,10-11,15-17,20-34,72-73H2,1-9H3,(H2,74,94)(H,78,105)(H,79,106)(H,80,104)(H,81,95)(H,82,96)(H,83,107)(H,84,109)(H,85,113)(H,86,110)(H,87,111)(H,88,108)(H,89,114)(H,90,103)(H,91,112)(H,97,98)(H,99,100)(H,101,102)(H4,75,76,77)/t36-,37-,38+,39+,41-,42-,43-,44-,45-,46-,47-,48-,55-,56-,57-,58-/m0/s1. The Hall–Kier alpha value is -10.9. The van der Waals surface area contributed by atoms with Gasteiger partial charge in [-0.3, -0.25) is 91.7 Å². The zero-order valence-corrected chi connectivity index (χ0v) is 67.0. The lowest BCUT2D eigenvalue weighted by molar-refractivity contribution is -0.141. The van der Waals surface area contributed by atoms with Crippen LogP contribution in [-0.4, -0.2) is 267 Å². The highest BCUT2D eigenvalue weighted by molar-refractivity contribution is 7.98. The van der Waals surface area contributed by atoms with Crippen LogP contribution in [0.25, 0.3) is 0 Å². The molecule has 43 nitrogen and oxygen atoms in total. The van der Waals surface area contributed by atoms with Gasteiger partial charge in [-0.25, -0.2) is 0 Å². The van der Waals surface area contributed by atoms with Crippen molar-refractivity contribution in [1.29, 1.82) is 5.41 Å². The summed E-state index contributed by atoms with van der Waals surface area (Å²) in [6, 6.07) is -10.5. The van der Waals surface area contributed by atoms with Crippen LogP contribution in [0.1, 0.15) is 144 Å². The first kappa shape index (κ1) is 102. The first-order valence-electron chi connectivity index (χ1n) is 37.5. The molecule has 0 radical (unpaired) electrons. The van der Waals surface area contributed by atoms with E-state index < -0.39 is 260 Å². The quantitative estimate of drug-likeness (QED) is 0.0164. The number of hydrogen-bond donors (Lipinski definition) is 25. The number of carbonyl (C=O) groups is 18. The number of guanidine groups is 1. The van der Waals surface area contributed by atoms with Gasteiger partial charge in [0, 0.05) is 13.0 Å². The molecule has 44 heteroatoms. The molecule has 0 heterocycles. The van der Waals surface area contributed by atoms with Crippen LogP contribution in [0.3, 0.4) is 0 Å². The monoisotopic (exact) mass is 1650 g/mol. The smallest absolute Gasteiger partial charge is 0.322 e. The Morgan fingerprint density at radius 1 is 0.435 bits per heavy atom. The number of aliphatic hydroxyl groups excluding tert-OH is 2. The number of aliphatic carboxylic acids is 3. The Kier molecular flexibility index (Phi) is 48.0. The molecule has 0 fully saturated rings. The van der Waals surface area contributed by atoms with Gasteiger partial charge in [-0.05, 0) is 114 Å². The number of unbranched alkanes of at least 4 members (excludes halogenated alkanes) is 1. The van der Waals surface area contributed by atoms with Crippen LogP contribution in [0.15, 0.2) is 30.3 Å². The highest BCUT2D eigenvalue weighted by atomic mass is 32.2. The summed E-state index contributed by atoms with van der Waals surface area (Å²) in [4.78, 5) is 240. The van der Waals surface area contributed by atoms with Crippen molar-refractivity contribution in [2.75, 3.05) is 44.7 Å². The van der Waals surface area contributed by atoms with Crippen LogP contribution in [0.4, 0.5) is 0 Å². The Labute approximate surface area is 669 Å². The topological polar surface area (TPSA) is 717 Å². The van der Waals surface area contributed by atoms with E-state index >= 15 is 0 Å². The Morgan fingerprint density at radius 2 is 0.835 bits per heavy atom. The van der Waals surface area contributed by atoms with E-state index in [1.54, 1.807) is 71.2 Å². The van der Waals surface area contributed by atoms with Crippen molar-refractivity contribution < 1.29 is 112 Å². The fourth-order valence-electron chi connectivity index (χ4n) is 11.0. The second-order valence-corrected chi connectivity index (χ2v) is 29.0. The minimum absolute atomic E-state index is 0.00600. The SMILES string of the molecule is CC[C@H](C)[C@H](NC(=O)[C@H](CCCNC(=N)N)NC(=O)[C@H](CC(C)C)NC(=O)[C@H](CC(N)=O)NC(=O)CNC(=O)[C@H](CCSC)NC(=O)CNC(=O)[C@H](CC(=O)O)NC(=O)[C@@H](NC(=O)[C@@H](NC(=O)[C@@H](N)Cc1ccccc1)[C@@H](C)O)[C@@H](C)CC)C(=O)N[C@H](C(=O)N[C@@H](CCC(=O)O)C(=O)N[C@@H](CCCCN)C(=O)NCC(=O)O)[C@@H](C)O. The number of hydrogen-bond acceptors (Lipinski definition) is 24. The van der Waals surface area contributed by atoms with E-state index in [-0.39, 0.29) is 76.6 Å². The summed E-state index contributed by atoms with van der Waals surface area (Å²) in [6.45, 7) is 9.47. The average molecular weight is 1650 g/mol. The number of aliphatic hydroxyl groups is 2. The van der Waals surface area contributed by atoms with Gasteiger partial charge in [0.2, 0.25) is 88.6 Å². The van der Waals surface area contributed by atoms with Crippen molar-refractivity contribution in [2.45, 2.75) is 230 Å². The fourth-order valence-corrected chi connectivity index (χ4v) is 11.4. The number of thioether (sulfide) groups is 1. The van der Waals surface area contributed by atoms with E-state index in [1.165, 1.54) is 25.6 Å². The maximum Gasteiger partial charge on any atom is 0.322 e. The van der Waals surface area contributed by atoms with Crippen LogP contribution in [0.5, 0.6) is 0 Å². The normalized spacial score (nSPS) is 15.2. The number of primary amides is 1. The zero-order valence-electron chi connectivity index (χ0n) is 66.1. The molecular formula is C71H118N20O23S. The fraction of sp³-hybridized carbons (Fsp3) is 0.648. The largest absolute Gasteiger partial charge is 0.481 e. The van der Waals surface area contributed by atoms with Gasteiger partial charge in [-0.15, -0.1) is 0 Å². The predicted octanol–water partition coefficient (Wildman–Crippen LogP) is -7.42. The lowest BCUT2D eigenvalue weighted by Gasteiger charge is -2.30. The van der Waals surface area contributed by atoms with Crippen molar-refractivity contribution in [3.05, 3.63) is 35.9 Å². The molecule has 1 rings (SSSR count). The van der Waals surface area contributed by atoms with E-state index in [9.17, 15) is 107 Å². The highest BCUT2D eigenvalue weighted by Crippen LogP contribution is 2.16. The van der Waals surface area contributed by atoms with Gasteiger partial charge in [0.1, 0.15) is 73.0 Å². The molecule has 0 spiro atoms. The molecule has 29 N–H and O–H groups in total. The van der Waals surface area contributed by atoms with Gasteiger partial charge in [-0.1, -0.05) is 84.7 Å². The molecule has 1 aromatic rings. The Morgan fingerprint density at radius 3 is 1.32 bits per heavy atom. The van der Waals surface area contributed by atoms with Crippen molar-refractivity contribution in [3.8, 4) is 0 Å². The Bertz CT molecular complexity index is 3470. The van der Waals surface area contributed by atoms with Crippen LogP contribution in [0.2, 0.25) is 0 Å². The minimum Gasteiger partial charge on any atom is -0.481 e. The average Bonchev–Trinajstić information content (AvgIpc) is 0.847. The predicted molar refractivity (Wildman–Crippen MR) is 416 cm³/mol. The van der Waals surface area contributed by atoms with E-state index in [1.807, 2.05) is 0 Å². The second kappa shape index (κ2) is 54.0. The molecule has 646 valence electrons. The lowest BCUT2D eigenvalue weighted by atomic mass is 9.96. The van der Waals surface area contributed by atoms with Gasteiger partial charge in [0.25, 0.3) is 0 Å². The molecule has 0 unspecified atom stereocenters. The van der Waals surface area contributed by atoms with Gasteiger partial charge in [-0.2, -0.15) is 11.8 Å². The van der Waals surface area contributed by atoms with Crippen LogP contribution < -0.4 is 103 Å². The molecule has 15 amide bonds. The van der Waals surface area contributed by atoms with Crippen LogP contribution >= 0.6 is 11.8 Å². The number of carbonyl (C=O) groups excluding carboxylic acids is 15. The number of nitrogens with two attached hydrogens (primary N) is 4. The number of rotatable bonds is 57. The zero-order chi connectivity index (χ0) is 87.4. The van der Waals surface area contributed by atoms with Gasteiger partial charge in [0.05, 0.1) is 44.2 Å². The molecule has 0 aliphatic rings. The third-order valence-electron chi connectivity index (χ3n) is 17.8. The number of amides is 15. The van der Waals surface area contributed by atoms with E-state index in [4.69, 9.17) is 33.5 Å². The van der Waals surface area contributed by atoms with E-state index in [0.29, 0.717) is 12.0 Å². The minimum atomic E-state index is -1.92. The molecule has 0 aliphatic carbocycles. The number of nitrogens with one attached hydrogen (secondary N) is 16. The molecule has 0 saturated heterocycles. The van der Waals surface area contributed by atoms with E-state index in [2.05, 4.69) is 79.8 Å². The van der Waals surface area contributed by atoms with Crippen molar-refractivity contribution in [2.24, 2.45) is 40.7 Å². The van der Waals surface area contributed by atoms with Crippen molar-refractivity contribution in [1.82, 2.24) is 79.8 Å². The summed E-state index contributed by atoms with van der Waals surface area (Å²) in [5.74, 6) is -22.4.